The van der Waals surface area contributed by atoms with Crippen LogP contribution in [-0.2, 0) is 12.6 Å². The number of imidazole rings is 1. The maximum atomic E-state index is 12.7. The number of nitrogens with one attached hydrogen (secondary N) is 1. The van der Waals surface area contributed by atoms with Crippen LogP contribution in [0, 0.1) is 10.1 Å². The number of alkyl halides is 3. The summed E-state index contributed by atoms with van der Waals surface area (Å²) in [4.78, 5) is 26.3. The second-order valence-electron chi connectivity index (χ2n) is 5.72. The first-order chi connectivity index (χ1) is 12.7. The molecule has 0 atom stereocenters. The van der Waals surface area contributed by atoms with E-state index in [0.717, 1.165) is 12.3 Å². The van der Waals surface area contributed by atoms with E-state index in [2.05, 4.69) is 10.3 Å². The van der Waals surface area contributed by atoms with Crippen molar-refractivity contribution in [3.05, 3.63) is 75.7 Å². The predicted octanol–water partition coefficient (Wildman–Crippen LogP) is 3.23. The fourth-order valence-electron chi connectivity index (χ4n) is 2.47. The SMILES string of the molecule is O=C(NCCc1cn2cc(C(F)(F)F)ccc2n1)c1ccc([N+](=O)[O-])cc1. The van der Waals surface area contributed by atoms with Gasteiger partial charge in [0, 0.05) is 43.1 Å². The van der Waals surface area contributed by atoms with Gasteiger partial charge in [-0.1, -0.05) is 0 Å². The highest BCUT2D eigenvalue weighted by atomic mass is 19.4. The third kappa shape index (κ3) is 4.22. The van der Waals surface area contributed by atoms with E-state index in [0.29, 0.717) is 17.8 Å². The Morgan fingerprint density at radius 3 is 2.48 bits per heavy atom. The Morgan fingerprint density at radius 2 is 1.85 bits per heavy atom. The lowest BCUT2D eigenvalue weighted by Gasteiger charge is -2.05. The number of halogens is 3. The molecule has 0 bridgehead atoms. The molecule has 0 saturated heterocycles. The van der Waals surface area contributed by atoms with E-state index in [1.807, 2.05) is 0 Å². The van der Waals surface area contributed by atoms with Crippen LogP contribution < -0.4 is 5.32 Å². The Balaban J connectivity index is 1.61. The van der Waals surface area contributed by atoms with Gasteiger partial charge in [0.2, 0.25) is 0 Å². The summed E-state index contributed by atoms with van der Waals surface area (Å²) in [7, 11) is 0. The van der Waals surface area contributed by atoms with Gasteiger partial charge in [-0.2, -0.15) is 13.2 Å². The number of pyridine rings is 1. The number of benzene rings is 1. The third-order valence-corrected chi connectivity index (χ3v) is 3.84. The van der Waals surface area contributed by atoms with Gasteiger partial charge >= 0.3 is 6.18 Å². The number of nitrogens with zero attached hydrogens (tertiary/aromatic N) is 3. The van der Waals surface area contributed by atoms with E-state index in [4.69, 9.17) is 0 Å². The van der Waals surface area contributed by atoms with Crippen LogP contribution in [0.15, 0.2) is 48.8 Å². The summed E-state index contributed by atoms with van der Waals surface area (Å²) >= 11 is 0. The van der Waals surface area contributed by atoms with E-state index in [1.165, 1.54) is 40.9 Å². The Bertz CT molecular complexity index is 997. The Morgan fingerprint density at radius 1 is 1.15 bits per heavy atom. The van der Waals surface area contributed by atoms with Crippen molar-refractivity contribution in [2.75, 3.05) is 6.54 Å². The lowest BCUT2D eigenvalue weighted by atomic mass is 10.2. The molecule has 1 aromatic carbocycles. The standard InChI is InChI=1S/C17H13F3N4O3/c18-17(19,20)12-3-6-15-22-13(10-23(15)9-12)7-8-21-16(25)11-1-4-14(5-2-11)24(26)27/h1-6,9-10H,7-8H2,(H,21,25). The summed E-state index contributed by atoms with van der Waals surface area (Å²) in [5.41, 5.74) is 0.281. The van der Waals surface area contributed by atoms with Crippen molar-refractivity contribution < 1.29 is 22.9 Å². The molecule has 0 aliphatic carbocycles. The molecule has 7 nitrogen and oxygen atoms in total. The molecular weight excluding hydrogens is 365 g/mol. The second-order valence-corrected chi connectivity index (χ2v) is 5.72. The fourth-order valence-corrected chi connectivity index (χ4v) is 2.47. The van der Waals surface area contributed by atoms with E-state index in [1.54, 1.807) is 0 Å². The Labute approximate surface area is 150 Å². The molecule has 0 saturated carbocycles. The normalized spacial score (nSPS) is 11.5. The van der Waals surface area contributed by atoms with E-state index < -0.39 is 22.6 Å². The number of nitro benzene ring substituents is 1. The van der Waals surface area contributed by atoms with Crippen LogP contribution in [0.1, 0.15) is 21.6 Å². The molecule has 0 radical (unpaired) electrons. The van der Waals surface area contributed by atoms with Crippen molar-refractivity contribution in [1.29, 1.82) is 0 Å². The van der Waals surface area contributed by atoms with Gasteiger partial charge in [0.05, 0.1) is 16.2 Å². The van der Waals surface area contributed by atoms with E-state index in [9.17, 15) is 28.1 Å². The van der Waals surface area contributed by atoms with Crippen LogP contribution in [0.4, 0.5) is 18.9 Å². The van der Waals surface area contributed by atoms with Gasteiger partial charge in [0.1, 0.15) is 5.65 Å². The van der Waals surface area contributed by atoms with Gasteiger partial charge in [-0.15, -0.1) is 0 Å². The van der Waals surface area contributed by atoms with Crippen molar-refractivity contribution in [2.45, 2.75) is 12.6 Å². The van der Waals surface area contributed by atoms with Crippen LogP contribution >= 0.6 is 0 Å². The van der Waals surface area contributed by atoms with Crippen molar-refractivity contribution in [3.8, 4) is 0 Å². The summed E-state index contributed by atoms with van der Waals surface area (Å²) in [5.74, 6) is -0.409. The van der Waals surface area contributed by atoms with Gasteiger partial charge in [-0.3, -0.25) is 14.9 Å². The zero-order valence-electron chi connectivity index (χ0n) is 13.7. The zero-order valence-corrected chi connectivity index (χ0v) is 13.7. The summed E-state index contributed by atoms with van der Waals surface area (Å²) in [5, 5.41) is 13.2. The number of hydrogen-bond donors (Lipinski definition) is 1. The topological polar surface area (TPSA) is 89.5 Å². The number of carbonyl (C=O) groups is 1. The van der Waals surface area contributed by atoms with Crippen LogP contribution in [0.5, 0.6) is 0 Å². The summed E-state index contributed by atoms with van der Waals surface area (Å²) in [6.45, 7) is 0.214. The molecule has 0 fully saturated rings. The van der Waals surface area contributed by atoms with E-state index in [-0.39, 0.29) is 17.8 Å². The maximum Gasteiger partial charge on any atom is 0.417 e. The van der Waals surface area contributed by atoms with Crippen LogP contribution in [0.25, 0.3) is 5.65 Å². The molecular formula is C17H13F3N4O3. The minimum atomic E-state index is -4.43. The molecule has 1 N–H and O–H groups in total. The molecule has 0 aliphatic heterocycles. The summed E-state index contributed by atoms with van der Waals surface area (Å²) in [6.07, 6.45) is -1.68. The second kappa shape index (κ2) is 7.06. The first kappa shape index (κ1) is 18.4. The minimum absolute atomic E-state index is 0.116. The molecule has 3 aromatic rings. The number of nitro groups is 1. The zero-order chi connectivity index (χ0) is 19.6. The number of amides is 1. The minimum Gasteiger partial charge on any atom is -0.352 e. The van der Waals surface area contributed by atoms with Crippen molar-refractivity contribution in [2.24, 2.45) is 0 Å². The Kier molecular flexibility index (Phi) is 4.80. The molecule has 2 aromatic heterocycles. The smallest absolute Gasteiger partial charge is 0.352 e. The highest BCUT2D eigenvalue weighted by Gasteiger charge is 2.30. The van der Waals surface area contributed by atoms with Gasteiger partial charge < -0.3 is 9.72 Å². The summed E-state index contributed by atoms with van der Waals surface area (Å²) in [6, 6.07) is 7.39. The molecule has 140 valence electrons. The van der Waals surface area contributed by atoms with E-state index >= 15 is 0 Å². The van der Waals surface area contributed by atoms with Gasteiger partial charge in [0.15, 0.2) is 0 Å². The molecule has 0 aliphatic rings. The van der Waals surface area contributed by atoms with Gasteiger partial charge in [-0.05, 0) is 24.3 Å². The number of non-ortho nitro benzene ring substituents is 1. The highest BCUT2D eigenvalue weighted by molar-refractivity contribution is 5.94. The quantitative estimate of drug-likeness (QED) is 0.545. The van der Waals surface area contributed by atoms with Crippen molar-refractivity contribution >= 4 is 17.2 Å². The number of rotatable bonds is 5. The van der Waals surface area contributed by atoms with Crippen LogP contribution in [0.3, 0.4) is 0 Å². The Hall–Kier alpha value is -3.43. The predicted molar refractivity (Wildman–Crippen MR) is 89.3 cm³/mol. The maximum absolute atomic E-state index is 12.7. The molecule has 10 heteroatoms. The van der Waals surface area contributed by atoms with Crippen LogP contribution in [-0.4, -0.2) is 26.8 Å². The lowest BCUT2D eigenvalue weighted by molar-refractivity contribution is -0.384. The average molecular weight is 378 g/mol. The monoisotopic (exact) mass is 378 g/mol. The molecule has 1 amide bonds. The van der Waals surface area contributed by atoms with Crippen molar-refractivity contribution in [3.63, 3.8) is 0 Å². The molecule has 0 spiro atoms. The molecule has 2 heterocycles. The number of aromatic nitrogens is 2. The van der Waals surface area contributed by atoms with Gasteiger partial charge in [0.25, 0.3) is 11.6 Å². The largest absolute Gasteiger partial charge is 0.417 e. The highest BCUT2D eigenvalue weighted by Crippen LogP contribution is 2.29. The lowest BCUT2D eigenvalue weighted by Crippen LogP contribution is -2.25. The number of carbonyl (C=O) groups excluding carboxylic acids is 1. The molecule has 0 unspecified atom stereocenters. The molecule has 3 rings (SSSR count). The fraction of sp³-hybridized carbons (Fsp3) is 0.176. The number of hydrogen-bond acceptors (Lipinski definition) is 4. The summed E-state index contributed by atoms with van der Waals surface area (Å²) < 4.78 is 39.5. The first-order valence-electron chi connectivity index (χ1n) is 7.81. The first-order valence-corrected chi connectivity index (χ1v) is 7.81. The third-order valence-electron chi connectivity index (χ3n) is 3.84. The molecule has 27 heavy (non-hydrogen) atoms. The van der Waals surface area contributed by atoms with Crippen LogP contribution in [0.2, 0.25) is 0 Å². The van der Waals surface area contributed by atoms with Crippen molar-refractivity contribution in [1.82, 2.24) is 14.7 Å². The average Bonchev–Trinajstić information content (AvgIpc) is 3.02. The number of fused-ring (bicyclic) bond motifs is 1. The van der Waals surface area contributed by atoms with Gasteiger partial charge in [-0.25, -0.2) is 4.98 Å².